The molecule has 0 bridgehead atoms. The lowest BCUT2D eigenvalue weighted by atomic mass is 10.0. The molecule has 0 aromatic carbocycles. The molecular weight excluding hydrogens is 200 g/mol. The van der Waals surface area contributed by atoms with Crippen LogP contribution in [0.1, 0.15) is 24.2 Å². The van der Waals surface area contributed by atoms with Gasteiger partial charge in [0.15, 0.2) is 5.78 Å². The van der Waals surface area contributed by atoms with Crippen molar-refractivity contribution in [3.05, 3.63) is 26.4 Å². The second-order valence-corrected chi connectivity index (χ2v) is 3.54. The minimum absolute atomic E-state index is 0.368. The fraction of sp³-hybridized carbons (Fsp3) is 0.444. The Morgan fingerprint density at radius 3 is 2.40 bits per heavy atom. The zero-order chi connectivity index (χ0) is 11.7. The molecule has 0 radical (unpaired) electrons. The first-order valence-electron chi connectivity index (χ1n) is 4.42. The summed E-state index contributed by atoms with van der Waals surface area (Å²) >= 11 is 0. The highest BCUT2D eigenvalue weighted by atomic mass is 16.3. The Morgan fingerprint density at radius 2 is 1.93 bits per heavy atom. The average molecular weight is 212 g/mol. The van der Waals surface area contributed by atoms with Crippen molar-refractivity contribution in [1.82, 2.24) is 9.55 Å². The summed E-state index contributed by atoms with van der Waals surface area (Å²) in [5.74, 6) is -1.51. The lowest BCUT2D eigenvalue weighted by Crippen LogP contribution is -2.33. The van der Waals surface area contributed by atoms with Gasteiger partial charge in [-0.1, -0.05) is 13.8 Å². The highest BCUT2D eigenvalue weighted by Crippen LogP contribution is 2.13. The smallest absolute Gasteiger partial charge is 0.330 e. The van der Waals surface area contributed by atoms with Gasteiger partial charge >= 0.3 is 5.69 Å². The molecule has 1 heterocycles. The van der Waals surface area contributed by atoms with Crippen LogP contribution in [0.2, 0.25) is 0 Å². The molecular formula is C9H12N2O4. The highest BCUT2D eigenvalue weighted by molar-refractivity contribution is 5.98. The van der Waals surface area contributed by atoms with Gasteiger partial charge in [-0.2, -0.15) is 0 Å². The van der Waals surface area contributed by atoms with Crippen molar-refractivity contribution in [1.29, 1.82) is 0 Å². The molecule has 1 rings (SSSR count). The van der Waals surface area contributed by atoms with Gasteiger partial charge in [-0.05, 0) is 0 Å². The van der Waals surface area contributed by atoms with Crippen LogP contribution in [0.4, 0.5) is 0 Å². The Balaban J connectivity index is 3.57. The summed E-state index contributed by atoms with van der Waals surface area (Å²) in [4.78, 5) is 35.9. The predicted octanol–water partition coefficient (Wildman–Crippen LogP) is -0.382. The van der Waals surface area contributed by atoms with Gasteiger partial charge in [0.25, 0.3) is 5.56 Å². The normalized spacial score (nSPS) is 10.7. The van der Waals surface area contributed by atoms with Gasteiger partial charge in [-0.15, -0.1) is 0 Å². The Hall–Kier alpha value is -1.85. The van der Waals surface area contributed by atoms with Crippen LogP contribution in [0.5, 0.6) is 5.88 Å². The van der Waals surface area contributed by atoms with E-state index in [-0.39, 0.29) is 5.56 Å². The molecule has 0 atom stereocenters. The molecule has 0 aliphatic heterocycles. The molecule has 0 aliphatic carbocycles. The van der Waals surface area contributed by atoms with Crippen molar-refractivity contribution < 1.29 is 9.90 Å². The summed E-state index contributed by atoms with van der Waals surface area (Å²) in [5, 5.41) is 9.50. The number of aromatic nitrogens is 2. The van der Waals surface area contributed by atoms with E-state index in [9.17, 15) is 19.5 Å². The number of hydrogen-bond acceptors (Lipinski definition) is 4. The monoisotopic (exact) mass is 212 g/mol. The number of ketones is 1. The number of carbonyl (C=O) groups is 1. The van der Waals surface area contributed by atoms with Gasteiger partial charge in [-0.25, -0.2) is 4.79 Å². The van der Waals surface area contributed by atoms with Gasteiger partial charge in [0.05, 0.1) is 0 Å². The minimum atomic E-state index is -0.852. The fourth-order valence-corrected chi connectivity index (χ4v) is 1.12. The van der Waals surface area contributed by atoms with E-state index in [2.05, 4.69) is 0 Å². The lowest BCUT2D eigenvalue weighted by molar-refractivity contribution is 0.0933. The first-order valence-corrected chi connectivity index (χ1v) is 4.42. The third kappa shape index (κ3) is 1.83. The van der Waals surface area contributed by atoms with Gasteiger partial charge < -0.3 is 5.11 Å². The van der Waals surface area contributed by atoms with Crippen LogP contribution < -0.4 is 11.2 Å². The molecule has 6 nitrogen and oxygen atoms in total. The molecule has 0 spiro atoms. The zero-order valence-corrected chi connectivity index (χ0v) is 8.70. The van der Waals surface area contributed by atoms with Gasteiger partial charge in [0.2, 0.25) is 5.88 Å². The number of rotatable bonds is 2. The molecule has 0 saturated heterocycles. The molecule has 1 aromatic rings. The van der Waals surface area contributed by atoms with Gasteiger partial charge in [0, 0.05) is 13.0 Å². The van der Waals surface area contributed by atoms with Crippen molar-refractivity contribution in [3.8, 4) is 5.88 Å². The maximum atomic E-state index is 11.6. The van der Waals surface area contributed by atoms with Crippen molar-refractivity contribution >= 4 is 5.78 Å². The Kier molecular flexibility index (Phi) is 2.78. The Bertz CT molecular complexity index is 510. The first kappa shape index (κ1) is 11.2. The molecule has 15 heavy (non-hydrogen) atoms. The highest BCUT2D eigenvalue weighted by Gasteiger charge is 2.21. The standard InChI is InChI=1S/C9H12N2O4/c1-4(2)6(12)5-7(13)10-9(15)11(3)8(5)14/h4,14H,1-3H3,(H,10,13,15). The number of nitrogens with one attached hydrogen (secondary N) is 1. The van der Waals surface area contributed by atoms with Crippen molar-refractivity contribution in [2.24, 2.45) is 13.0 Å². The van der Waals surface area contributed by atoms with Crippen LogP contribution in [0.15, 0.2) is 9.59 Å². The summed E-state index contributed by atoms with van der Waals surface area (Å²) in [6.45, 7) is 3.21. The number of carbonyl (C=O) groups excluding carboxylic acids is 1. The number of aromatic amines is 1. The molecule has 0 aliphatic rings. The van der Waals surface area contributed by atoms with Crippen LogP contribution in [-0.4, -0.2) is 20.4 Å². The molecule has 0 unspecified atom stereocenters. The third-order valence-electron chi connectivity index (χ3n) is 2.06. The van der Waals surface area contributed by atoms with Gasteiger partial charge in [0.1, 0.15) is 5.56 Å². The van der Waals surface area contributed by atoms with Crippen LogP contribution in [0.25, 0.3) is 0 Å². The molecule has 0 amide bonds. The molecule has 6 heteroatoms. The molecule has 82 valence electrons. The molecule has 1 aromatic heterocycles. The first-order chi connectivity index (χ1) is 6.86. The molecule has 2 N–H and O–H groups in total. The summed E-state index contributed by atoms with van der Waals surface area (Å²) in [6, 6.07) is 0. The summed E-state index contributed by atoms with van der Waals surface area (Å²) in [7, 11) is 1.27. The van der Waals surface area contributed by atoms with E-state index in [0.717, 1.165) is 4.57 Å². The van der Waals surface area contributed by atoms with Crippen molar-refractivity contribution in [2.45, 2.75) is 13.8 Å². The van der Waals surface area contributed by atoms with E-state index in [1.165, 1.54) is 7.05 Å². The summed E-state index contributed by atoms with van der Waals surface area (Å²) in [5.41, 5.74) is -1.97. The van der Waals surface area contributed by atoms with E-state index in [4.69, 9.17) is 0 Å². The third-order valence-corrected chi connectivity index (χ3v) is 2.06. The van der Waals surface area contributed by atoms with E-state index < -0.39 is 28.8 Å². The number of aromatic hydroxyl groups is 1. The summed E-state index contributed by atoms with van der Waals surface area (Å²) < 4.78 is 0.816. The largest absolute Gasteiger partial charge is 0.494 e. The number of nitrogens with zero attached hydrogens (tertiary/aromatic N) is 1. The number of Topliss-reactive ketones (excluding diaryl/α,β-unsaturated/α-hetero) is 1. The Morgan fingerprint density at radius 1 is 1.40 bits per heavy atom. The summed E-state index contributed by atoms with van der Waals surface area (Å²) in [6.07, 6.45) is 0. The van der Waals surface area contributed by atoms with Gasteiger partial charge in [-0.3, -0.25) is 19.1 Å². The molecule has 0 fully saturated rings. The number of H-pyrrole nitrogens is 1. The average Bonchev–Trinajstić information content (AvgIpc) is 2.14. The Labute approximate surface area is 85.2 Å². The second kappa shape index (κ2) is 3.72. The fourth-order valence-electron chi connectivity index (χ4n) is 1.12. The van der Waals surface area contributed by atoms with Crippen molar-refractivity contribution in [2.75, 3.05) is 0 Å². The van der Waals surface area contributed by atoms with E-state index >= 15 is 0 Å². The predicted molar refractivity (Wildman–Crippen MR) is 53.1 cm³/mol. The number of hydrogen-bond donors (Lipinski definition) is 2. The van der Waals surface area contributed by atoms with Crippen LogP contribution in [0.3, 0.4) is 0 Å². The van der Waals surface area contributed by atoms with Crippen LogP contribution in [0, 0.1) is 5.92 Å². The quantitative estimate of drug-likeness (QED) is 0.653. The minimum Gasteiger partial charge on any atom is -0.494 e. The van der Waals surface area contributed by atoms with E-state index in [0.29, 0.717) is 0 Å². The second-order valence-electron chi connectivity index (χ2n) is 3.54. The topological polar surface area (TPSA) is 92.2 Å². The van der Waals surface area contributed by atoms with E-state index in [1.54, 1.807) is 13.8 Å². The maximum absolute atomic E-state index is 11.6. The van der Waals surface area contributed by atoms with Crippen molar-refractivity contribution in [3.63, 3.8) is 0 Å². The van der Waals surface area contributed by atoms with Crippen LogP contribution in [-0.2, 0) is 7.05 Å². The lowest BCUT2D eigenvalue weighted by Gasteiger charge is -2.07. The maximum Gasteiger partial charge on any atom is 0.330 e. The SMILES string of the molecule is CC(C)C(=O)c1c(O)n(C)c(=O)[nH]c1=O. The van der Waals surface area contributed by atoms with Crippen LogP contribution >= 0.6 is 0 Å². The van der Waals surface area contributed by atoms with E-state index in [1.807, 2.05) is 4.98 Å². The zero-order valence-electron chi connectivity index (χ0n) is 8.70. The molecule has 0 saturated carbocycles.